The van der Waals surface area contributed by atoms with Gasteiger partial charge in [-0.2, -0.15) is 0 Å². The molecule has 0 unspecified atom stereocenters. The van der Waals surface area contributed by atoms with Crippen LogP contribution in [-0.4, -0.2) is 40.8 Å². The van der Waals surface area contributed by atoms with E-state index in [1.165, 1.54) is 6.20 Å². The number of aromatic nitrogens is 1. The molecule has 0 radical (unpaired) electrons. The molecule has 1 aliphatic heterocycles. The van der Waals surface area contributed by atoms with Crippen LogP contribution in [0.25, 0.3) is 0 Å². The zero-order valence-corrected chi connectivity index (χ0v) is 11.5. The summed E-state index contributed by atoms with van der Waals surface area (Å²) >= 11 is 5.75. The first kappa shape index (κ1) is 13.8. The van der Waals surface area contributed by atoms with Crippen molar-refractivity contribution in [2.75, 3.05) is 13.1 Å². The number of likely N-dealkylation sites (tertiary alicyclic amines) is 1. The van der Waals surface area contributed by atoms with Gasteiger partial charge in [-0.15, -0.1) is 0 Å². The number of amides is 2. The lowest BCUT2D eigenvalue weighted by Gasteiger charge is -2.31. The second-order valence-corrected chi connectivity index (χ2v) is 5.01. The lowest BCUT2D eigenvalue weighted by atomic mass is 10.0. The Morgan fingerprint density at radius 2 is 2.11 bits per heavy atom. The quantitative estimate of drug-likeness (QED) is 0.835. The molecular weight excluding hydrogens is 266 g/mol. The number of hydrogen-bond acceptors (Lipinski definition) is 3. The summed E-state index contributed by atoms with van der Waals surface area (Å²) in [6, 6.07) is 3.28. The van der Waals surface area contributed by atoms with Crippen LogP contribution >= 0.6 is 11.6 Å². The van der Waals surface area contributed by atoms with Crippen molar-refractivity contribution in [3.8, 4) is 0 Å². The predicted octanol–water partition coefficient (Wildman–Crippen LogP) is 1.48. The highest BCUT2D eigenvalue weighted by Crippen LogP contribution is 2.12. The van der Waals surface area contributed by atoms with Crippen LogP contribution in [-0.2, 0) is 4.79 Å². The van der Waals surface area contributed by atoms with E-state index < -0.39 is 0 Å². The van der Waals surface area contributed by atoms with E-state index in [0.717, 1.165) is 12.8 Å². The molecule has 1 saturated heterocycles. The van der Waals surface area contributed by atoms with E-state index in [1.807, 2.05) is 0 Å². The van der Waals surface area contributed by atoms with Gasteiger partial charge in [0.1, 0.15) is 5.15 Å². The molecule has 5 nitrogen and oxygen atoms in total. The van der Waals surface area contributed by atoms with Gasteiger partial charge in [0.25, 0.3) is 5.91 Å². The minimum atomic E-state index is -0.148. The molecule has 0 aliphatic carbocycles. The zero-order chi connectivity index (χ0) is 13.8. The van der Waals surface area contributed by atoms with Crippen molar-refractivity contribution in [2.24, 2.45) is 0 Å². The fourth-order valence-corrected chi connectivity index (χ4v) is 2.33. The lowest BCUT2D eigenvalue weighted by molar-refractivity contribution is -0.129. The highest BCUT2D eigenvalue weighted by molar-refractivity contribution is 6.29. The first-order valence-electron chi connectivity index (χ1n) is 6.24. The molecule has 19 heavy (non-hydrogen) atoms. The summed E-state index contributed by atoms with van der Waals surface area (Å²) in [6.07, 6.45) is 3.07. The summed E-state index contributed by atoms with van der Waals surface area (Å²) < 4.78 is 0. The monoisotopic (exact) mass is 281 g/mol. The Hall–Kier alpha value is -1.62. The van der Waals surface area contributed by atoms with Crippen molar-refractivity contribution >= 4 is 23.4 Å². The number of piperidine rings is 1. The molecule has 1 N–H and O–H groups in total. The standard InChI is InChI=1S/C13H16ClN3O2/c1-9(18)17-6-3-11(4-7-17)16-13(19)10-2-5-15-12(14)8-10/h2,5,8,11H,3-4,6-7H2,1H3,(H,16,19). The van der Waals surface area contributed by atoms with Crippen molar-refractivity contribution in [1.29, 1.82) is 0 Å². The van der Waals surface area contributed by atoms with Gasteiger partial charge in [0.15, 0.2) is 0 Å². The lowest BCUT2D eigenvalue weighted by Crippen LogP contribution is -2.46. The number of nitrogens with zero attached hydrogens (tertiary/aromatic N) is 2. The number of carbonyl (C=O) groups excluding carboxylic acids is 2. The smallest absolute Gasteiger partial charge is 0.251 e. The normalized spacial score (nSPS) is 16.2. The van der Waals surface area contributed by atoms with E-state index in [4.69, 9.17) is 11.6 Å². The van der Waals surface area contributed by atoms with Crippen molar-refractivity contribution in [2.45, 2.75) is 25.8 Å². The van der Waals surface area contributed by atoms with Gasteiger partial charge in [0, 0.05) is 37.8 Å². The molecule has 2 heterocycles. The molecule has 0 saturated carbocycles. The molecule has 2 amide bonds. The molecule has 6 heteroatoms. The second-order valence-electron chi connectivity index (χ2n) is 4.62. The molecule has 1 aliphatic rings. The molecule has 2 rings (SSSR count). The Labute approximate surface area is 117 Å². The topological polar surface area (TPSA) is 62.3 Å². The Morgan fingerprint density at radius 1 is 1.42 bits per heavy atom. The van der Waals surface area contributed by atoms with E-state index in [1.54, 1.807) is 24.0 Å². The van der Waals surface area contributed by atoms with Gasteiger partial charge in [0.05, 0.1) is 0 Å². The highest BCUT2D eigenvalue weighted by atomic mass is 35.5. The Bertz CT molecular complexity index is 485. The van der Waals surface area contributed by atoms with Crippen LogP contribution in [0.5, 0.6) is 0 Å². The van der Waals surface area contributed by atoms with E-state index in [9.17, 15) is 9.59 Å². The summed E-state index contributed by atoms with van der Waals surface area (Å²) in [5.41, 5.74) is 0.508. The number of hydrogen-bond donors (Lipinski definition) is 1. The second kappa shape index (κ2) is 6.02. The largest absolute Gasteiger partial charge is 0.349 e. The van der Waals surface area contributed by atoms with Gasteiger partial charge < -0.3 is 10.2 Å². The van der Waals surface area contributed by atoms with Crippen LogP contribution in [0.4, 0.5) is 0 Å². The molecule has 0 bridgehead atoms. The van der Waals surface area contributed by atoms with Crippen molar-refractivity contribution < 1.29 is 9.59 Å². The summed E-state index contributed by atoms with van der Waals surface area (Å²) in [5, 5.41) is 3.26. The Balaban J connectivity index is 1.89. The van der Waals surface area contributed by atoms with Crippen molar-refractivity contribution in [3.63, 3.8) is 0 Å². The van der Waals surface area contributed by atoms with Crippen LogP contribution in [0.1, 0.15) is 30.1 Å². The number of halogens is 1. The molecule has 0 aromatic carbocycles. The number of carbonyl (C=O) groups is 2. The van der Waals surface area contributed by atoms with Gasteiger partial charge in [-0.1, -0.05) is 11.6 Å². The molecule has 1 aromatic heterocycles. The van der Waals surface area contributed by atoms with Crippen LogP contribution < -0.4 is 5.32 Å². The van der Waals surface area contributed by atoms with E-state index >= 15 is 0 Å². The molecule has 0 atom stereocenters. The fraction of sp³-hybridized carbons (Fsp3) is 0.462. The summed E-state index contributed by atoms with van der Waals surface area (Å²) in [7, 11) is 0. The third-order valence-corrected chi connectivity index (χ3v) is 3.47. The third-order valence-electron chi connectivity index (χ3n) is 3.26. The average molecular weight is 282 g/mol. The van der Waals surface area contributed by atoms with E-state index in [0.29, 0.717) is 23.8 Å². The molecule has 1 aromatic rings. The Kier molecular flexibility index (Phi) is 4.37. The van der Waals surface area contributed by atoms with E-state index in [-0.39, 0.29) is 17.9 Å². The summed E-state index contributed by atoms with van der Waals surface area (Å²) in [6.45, 7) is 2.95. The third kappa shape index (κ3) is 3.67. The number of nitrogens with one attached hydrogen (secondary N) is 1. The van der Waals surface area contributed by atoms with Crippen LogP contribution in [0.2, 0.25) is 5.15 Å². The highest BCUT2D eigenvalue weighted by Gasteiger charge is 2.22. The Morgan fingerprint density at radius 3 is 2.68 bits per heavy atom. The van der Waals surface area contributed by atoms with Gasteiger partial charge >= 0.3 is 0 Å². The van der Waals surface area contributed by atoms with Crippen LogP contribution in [0.3, 0.4) is 0 Å². The van der Waals surface area contributed by atoms with Crippen molar-refractivity contribution in [3.05, 3.63) is 29.0 Å². The number of pyridine rings is 1. The minimum absolute atomic E-state index is 0.0886. The van der Waals surface area contributed by atoms with Crippen molar-refractivity contribution in [1.82, 2.24) is 15.2 Å². The maximum Gasteiger partial charge on any atom is 0.251 e. The molecule has 1 fully saturated rings. The van der Waals surface area contributed by atoms with Gasteiger partial charge in [-0.05, 0) is 25.0 Å². The fourth-order valence-electron chi connectivity index (χ4n) is 2.15. The van der Waals surface area contributed by atoms with Gasteiger partial charge in [-0.25, -0.2) is 4.98 Å². The maximum atomic E-state index is 12.0. The zero-order valence-electron chi connectivity index (χ0n) is 10.7. The summed E-state index contributed by atoms with van der Waals surface area (Å²) in [5.74, 6) is -0.0590. The maximum absolute atomic E-state index is 12.0. The summed E-state index contributed by atoms with van der Waals surface area (Å²) in [4.78, 5) is 28.8. The first-order chi connectivity index (χ1) is 9.06. The first-order valence-corrected chi connectivity index (χ1v) is 6.62. The number of rotatable bonds is 2. The van der Waals surface area contributed by atoms with Crippen LogP contribution in [0, 0.1) is 0 Å². The molecule has 0 spiro atoms. The average Bonchev–Trinajstić information content (AvgIpc) is 2.39. The molecule has 102 valence electrons. The minimum Gasteiger partial charge on any atom is -0.349 e. The van der Waals surface area contributed by atoms with E-state index in [2.05, 4.69) is 10.3 Å². The SMILES string of the molecule is CC(=O)N1CCC(NC(=O)c2ccnc(Cl)c2)CC1. The molecular formula is C13H16ClN3O2. The van der Waals surface area contributed by atoms with Crippen LogP contribution in [0.15, 0.2) is 18.3 Å². The van der Waals surface area contributed by atoms with Gasteiger partial charge in [-0.3, -0.25) is 9.59 Å². The predicted molar refractivity (Wildman–Crippen MR) is 72.0 cm³/mol. The van der Waals surface area contributed by atoms with Gasteiger partial charge in [0.2, 0.25) is 5.91 Å².